The van der Waals surface area contributed by atoms with Crippen molar-refractivity contribution in [3.63, 3.8) is 0 Å². The number of nitrogens with zero attached hydrogens (tertiary/aromatic N) is 3. The van der Waals surface area contributed by atoms with Crippen molar-refractivity contribution >= 4 is 33.0 Å². The van der Waals surface area contributed by atoms with Crippen LogP contribution in [-0.2, 0) is 10.0 Å². The van der Waals surface area contributed by atoms with Gasteiger partial charge in [0.25, 0.3) is 5.91 Å². The summed E-state index contributed by atoms with van der Waals surface area (Å²) in [5.74, 6) is 0.787. The molecule has 26 heavy (non-hydrogen) atoms. The lowest BCUT2D eigenvalue weighted by molar-refractivity contribution is 0.102. The van der Waals surface area contributed by atoms with E-state index < -0.39 is 15.9 Å². The number of fused-ring (bicyclic) bond motifs is 1. The Morgan fingerprint density at radius 2 is 2.12 bits per heavy atom. The van der Waals surface area contributed by atoms with E-state index in [4.69, 9.17) is 9.47 Å². The molecule has 1 aromatic heterocycles. The van der Waals surface area contributed by atoms with Crippen LogP contribution in [0.1, 0.15) is 33.7 Å². The predicted molar refractivity (Wildman–Crippen MR) is 94.0 cm³/mol. The van der Waals surface area contributed by atoms with Crippen LogP contribution >= 0.6 is 11.3 Å². The Labute approximate surface area is 154 Å². The van der Waals surface area contributed by atoms with E-state index in [-0.39, 0.29) is 17.8 Å². The van der Waals surface area contributed by atoms with E-state index in [1.807, 2.05) is 0 Å². The predicted octanol–water partition coefficient (Wildman–Crippen LogP) is 1.62. The Balaban J connectivity index is 1.50. The molecule has 1 fully saturated rings. The normalized spacial score (nSPS) is 19.7. The lowest BCUT2D eigenvalue weighted by atomic mass is 10.2. The number of anilines is 1. The molecule has 2 aromatic rings. The van der Waals surface area contributed by atoms with Crippen LogP contribution < -0.4 is 14.8 Å². The van der Waals surface area contributed by atoms with Crippen molar-refractivity contribution in [3.8, 4) is 11.5 Å². The molecule has 0 radical (unpaired) electrons. The third kappa shape index (κ3) is 3.24. The summed E-state index contributed by atoms with van der Waals surface area (Å²) >= 11 is 1.11. The highest BCUT2D eigenvalue weighted by atomic mass is 32.2. The van der Waals surface area contributed by atoms with Gasteiger partial charge in [-0.2, -0.15) is 4.31 Å². The zero-order valence-corrected chi connectivity index (χ0v) is 15.5. The van der Waals surface area contributed by atoms with Gasteiger partial charge in [0.15, 0.2) is 11.5 Å². The highest BCUT2D eigenvalue weighted by molar-refractivity contribution is 7.88. The molecule has 1 atom stereocenters. The van der Waals surface area contributed by atoms with Crippen LogP contribution in [-0.4, -0.2) is 48.4 Å². The SMILES string of the molecule is CS(=O)(=O)N1CCC[C@@H]1c1nnc(C(=O)Nc2ccc3c(c2)OCO3)s1. The number of ether oxygens (including phenoxy) is 2. The fourth-order valence-corrected chi connectivity index (χ4v) is 5.08. The summed E-state index contributed by atoms with van der Waals surface area (Å²) < 4.78 is 35.7. The van der Waals surface area contributed by atoms with Crippen LogP contribution in [0.3, 0.4) is 0 Å². The largest absolute Gasteiger partial charge is 0.454 e. The highest BCUT2D eigenvalue weighted by Crippen LogP contribution is 2.36. The minimum absolute atomic E-state index is 0.157. The van der Waals surface area contributed by atoms with E-state index >= 15 is 0 Å². The van der Waals surface area contributed by atoms with Crippen molar-refractivity contribution in [3.05, 3.63) is 28.2 Å². The van der Waals surface area contributed by atoms with Crippen LogP contribution in [0.5, 0.6) is 11.5 Å². The van der Waals surface area contributed by atoms with Gasteiger partial charge in [0.2, 0.25) is 21.8 Å². The van der Waals surface area contributed by atoms with Crippen LogP contribution in [0, 0.1) is 0 Å². The molecular formula is C15H16N4O5S2. The molecule has 1 amide bonds. The molecule has 2 aliphatic heterocycles. The first-order valence-electron chi connectivity index (χ1n) is 7.93. The minimum atomic E-state index is -3.32. The molecular weight excluding hydrogens is 380 g/mol. The minimum Gasteiger partial charge on any atom is -0.454 e. The number of hydrogen-bond donors (Lipinski definition) is 1. The van der Waals surface area contributed by atoms with Crippen molar-refractivity contribution in [1.29, 1.82) is 0 Å². The Hall–Kier alpha value is -2.24. The summed E-state index contributed by atoms with van der Waals surface area (Å²) in [5, 5.41) is 11.4. The third-order valence-corrected chi connectivity index (χ3v) is 6.49. The summed E-state index contributed by atoms with van der Waals surface area (Å²) in [7, 11) is -3.32. The number of aromatic nitrogens is 2. The van der Waals surface area contributed by atoms with Crippen LogP contribution in [0.25, 0.3) is 0 Å². The fraction of sp³-hybridized carbons (Fsp3) is 0.400. The zero-order chi connectivity index (χ0) is 18.3. The van der Waals surface area contributed by atoms with E-state index in [0.717, 1.165) is 17.8 Å². The van der Waals surface area contributed by atoms with Crippen LogP contribution in [0.15, 0.2) is 18.2 Å². The van der Waals surface area contributed by atoms with E-state index in [9.17, 15) is 13.2 Å². The van der Waals surface area contributed by atoms with Crippen LogP contribution in [0.4, 0.5) is 5.69 Å². The molecule has 1 saturated heterocycles. The van der Waals surface area contributed by atoms with Crippen molar-refractivity contribution in [1.82, 2.24) is 14.5 Å². The molecule has 11 heteroatoms. The number of nitrogens with one attached hydrogen (secondary N) is 1. The molecule has 138 valence electrons. The molecule has 0 aliphatic carbocycles. The molecule has 2 aliphatic rings. The average Bonchev–Trinajstić information content (AvgIpc) is 3.32. The molecule has 4 rings (SSSR count). The summed E-state index contributed by atoms with van der Waals surface area (Å²) in [6, 6.07) is 4.74. The molecule has 1 aromatic carbocycles. The molecule has 0 bridgehead atoms. The first-order valence-corrected chi connectivity index (χ1v) is 10.6. The molecule has 0 spiro atoms. The number of amides is 1. The van der Waals surface area contributed by atoms with Gasteiger partial charge < -0.3 is 14.8 Å². The zero-order valence-electron chi connectivity index (χ0n) is 13.8. The second-order valence-electron chi connectivity index (χ2n) is 6.00. The lowest BCUT2D eigenvalue weighted by Crippen LogP contribution is -2.29. The quantitative estimate of drug-likeness (QED) is 0.836. The smallest absolute Gasteiger partial charge is 0.286 e. The summed E-state index contributed by atoms with van der Waals surface area (Å²) in [4.78, 5) is 12.4. The van der Waals surface area contributed by atoms with Gasteiger partial charge in [-0.1, -0.05) is 11.3 Å². The first kappa shape index (κ1) is 17.2. The number of carbonyl (C=O) groups is 1. The Morgan fingerprint density at radius 3 is 2.92 bits per heavy atom. The van der Waals surface area contributed by atoms with E-state index in [0.29, 0.717) is 35.2 Å². The van der Waals surface area contributed by atoms with E-state index in [1.165, 1.54) is 10.6 Å². The van der Waals surface area contributed by atoms with E-state index in [1.54, 1.807) is 18.2 Å². The van der Waals surface area contributed by atoms with Crippen molar-refractivity contribution < 1.29 is 22.7 Å². The monoisotopic (exact) mass is 396 g/mol. The average molecular weight is 396 g/mol. The van der Waals surface area contributed by atoms with Gasteiger partial charge in [-0.3, -0.25) is 4.79 Å². The van der Waals surface area contributed by atoms with Gasteiger partial charge in [0, 0.05) is 18.3 Å². The molecule has 0 unspecified atom stereocenters. The summed E-state index contributed by atoms with van der Waals surface area (Å²) in [5.41, 5.74) is 0.551. The maximum Gasteiger partial charge on any atom is 0.286 e. The molecule has 1 N–H and O–H groups in total. The topological polar surface area (TPSA) is 111 Å². The highest BCUT2D eigenvalue weighted by Gasteiger charge is 2.35. The first-order chi connectivity index (χ1) is 12.4. The maximum atomic E-state index is 12.4. The summed E-state index contributed by atoms with van der Waals surface area (Å²) in [6.07, 6.45) is 2.61. The van der Waals surface area contributed by atoms with Gasteiger partial charge >= 0.3 is 0 Å². The van der Waals surface area contributed by atoms with Crippen LogP contribution in [0.2, 0.25) is 0 Å². The second kappa shape index (κ2) is 6.49. The Morgan fingerprint density at radius 1 is 1.31 bits per heavy atom. The van der Waals surface area contributed by atoms with Gasteiger partial charge in [-0.05, 0) is 25.0 Å². The number of sulfonamides is 1. The van der Waals surface area contributed by atoms with Crippen molar-refractivity contribution in [2.75, 3.05) is 24.9 Å². The van der Waals surface area contributed by atoms with Crippen molar-refractivity contribution in [2.45, 2.75) is 18.9 Å². The lowest BCUT2D eigenvalue weighted by Gasteiger charge is -2.19. The second-order valence-corrected chi connectivity index (χ2v) is 8.94. The molecule has 9 nitrogen and oxygen atoms in total. The summed E-state index contributed by atoms with van der Waals surface area (Å²) in [6.45, 7) is 0.618. The number of carbonyl (C=O) groups excluding carboxylic acids is 1. The Kier molecular flexibility index (Phi) is 4.29. The van der Waals surface area contributed by atoms with Gasteiger partial charge in [0.1, 0.15) is 5.01 Å². The van der Waals surface area contributed by atoms with Crippen molar-refractivity contribution in [2.24, 2.45) is 0 Å². The standard InChI is InChI=1S/C15H16N4O5S2/c1-26(21,22)19-6-2-3-10(19)14-17-18-15(25-14)13(20)16-9-4-5-11-12(7-9)24-8-23-11/h4-5,7,10H,2-3,6,8H2,1H3,(H,16,20)/t10-/m1/s1. The fourth-order valence-electron chi connectivity index (χ4n) is 3.00. The number of benzene rings is 1. The molecule has 3 heterocycles. The van der Waals surface area contributed by atoms with Gasteiger partial charge in [-0.25, -0.2) is 8.42 Å². The third-order valence-electron chi connectivity index (χ3n) is 4.18. The van der Waals surface area contributed by atoms with E-state index in [2.05, 4.69) is 15.5 Å². The molecule has 0 saturated carbocycles. The number of rotatable bonds is 4. The number of hydrogen-bond acceptors (Lipinski definition) is 8. The van der Waals surface area contributed by atoms with Gasteiger partial charge in [-0.15, -0.1) is 10.2 Å². The van der Waals surface area contributed by atoms with Gasteiger partial charge in [0.05, 0.1) is 12.3 Å². The Bertz CT molecular complexity index is 959. The maximum absolute atomic E-state index is 12.4.